The maximum atomic E-state index is 12.6. The van der Waals surface area contributed by atoms with Crippen molar-refractivity contribution in [3.8, 4) is 17.6 Å². The number of amides is 2. The van der Waals surface area contributed by atoms with Gasteiger partial charge in [0.15, 0.2) is 0 Å². The average Bonchev–Trinajstić information content (AvgIpc) is 2.73. The van der Waals surface area contributed by atoms with Crippen LogP contribution >= 0.6 is 0 Å². The molecule has 7 nitrogen and oxygen atoms in total. The molecule has 1 aliphatic rings. The van der Waals surface area contributed by atoms with Crippen molar-refractivity contribution in [2.75, 3.05) is 37.9 Å². The maximum Gasteiger partial charge on any atom is 0.321 e. The number of rotatable bonds is 5. The van der Waals surface area contributed by atoms with Crippen LogP contribution < -0.4 is 20.1 Å². The van der Waals surface area contributed by atoms with E-state index < -0.39 is 0 Å². The molecule has 1 saturated heterocycles. The van der Waals surface area contributed by atoms with E-state index in [9.17, 15) is 4.79 Å². The fourth-order valence-corrected chi connectivity index (χ4v) is 3.27. The Morgan fingerprint density at radius 1 is 1.14 bits per heavy atom. The van der Waals surface area contributed by atoms with Crippen molar-refractivity contribution in [3.63, 3.8) is 0 Å². The fourth-order valence-electron chi connectivity index (χ4n) is 3.27. The van der Waals surface area contributed by atoms with Gasteiger partial charge in [0.25, 0.3) is 0 Å². The Bertz CT molecular complexity index is 856. The number of ether oxygens (including phenoxy) is 2. The number of urea groups is 1. The Labute approximate surface area is 164 Å². The van der Waals surface area contributed by atoms with Crippen molar-refractivity contribution in [2.45, 2.75) is 18.9 Å². The highest BCUT2D eigenvalue weighted by molar-refractivity contribution is 5.89. The molecule has 0 aliphatic carbocycles. The van der Waals surface area contributed by atoms with Crippen molar-refractivity contribution in [2.24, 2.45) is 0 Å². The molecule has 0 saturated carbocycles. The third-order valence-electron chi connectivity index (χ3n) is 4.67. The highest BCUT2D eigenvalue weighted by Crippen LogP contribution is 2.27. The van der Waals surface area contributed by atoms with Crippen LogP contribution in [-0.2, 0) is 0 Å². The summed E-state index contributed by atoms with van der Waals surface area (Å²) < 4.78 is 10.6. The zero-order valence-corrected chi connectivity index (χ0v) is 16.1. The molecule has 3 rings (SSSR count). The first kappa shape index (κ1) is 19.4. The number of hydrogen-bond acceptors (Lipinski definition) is 5. The van der Waals surface area contributed by atoms with E-state index in [0.29, 0.717) is 35.8 Å². The topological polar surface area (TPSA) is 86.6 Å². The van der Waals surface area contributed by atoms with Crippen LogP contribution in [0.5, 0.6) is 11.5 Å². The Morgan fingerprint density at radius 3 is 2.57 bits per heavy atom. The third kappa shape index (κ3) is 4.86. The first-order chi connectivity index (χ1) is 13.6. The molecule has 1 fully saturated rings. The summed E-state index contributed by atoms with van der Waals surface area (Å²) in [5.41, 5.74) is 2.03. The Balaban J connectivity index is 1.63. The molecule has 2 aromatic rings. The predicted octanol–water partition coefficient (Wildman–Crippen LogP) is 3.68. The van der Waals surface area contributed by atoms with Gasteiger partial charge in [0.2, 0.25) is 0 Å². The minimum Gasteiger partial charge on any atom is -0.497 e. The minimum absolute atomic E-state index is 0.127. The molecule has 1 atom stereocenters. The van der Waals surface area contributed by atoms with Crippen LogP contribution in [0.2, 0.25) is 0 Å². The summed E-state index contributed by atoms with van der Waals surface area (Å²) in [5.74, 6) is 1.43. The molecule has 0 bridgehead atoms. The number of carbonyl (C=O) groups is 1. The molecular formula is C21H24N4O3. The molecule has 1 heterocycles. The van der Waals surface area contributed by atoms with E-state index in [2.05, 4.69) is 16.7 Å². The SMILES string of the molecule is COc1cc(N[C@H]2CCCN(C(=O)Nc3cccc(C#N)c3)C2)cc(OC)c1. The van der Waals surface area contributed by atoms with Crippen molar-refractivity contribution in [3.05, 3.63) is 48.0 Å². The normalized spacial score (nSPS) is 16.0. The van der Waals surface area contributed by atoms with Crippen LogP contribution in [0, 0.1) is 11.3 Å². The Morgan fingerprint density at radius 2 is 1.89 bits per heavy atom. The minimum atomic E-state index is -0.162. The van der Waals surface area contributed by atoms with E-state index in [1.54, 1.807) is 43.4 Å². The molecule has 2 N–H and O–H groups in total. The number of carbonyl (C=O) groups excluding carboxylic acids is 1. The first-order valence-corrected chi connectivity index (χ1v) is 9.17. The molecule has 146 valence electrons. The number of nitrogens with zero attached hydrogens (tertiary/aromatic N) is 2. The number of hydrogen-bond donors (Lipinski definition) is 2. The van der Waals surface area contributed by atoms with Crippen molar-refractivity contribution in [1.29, 1.82) is 5.26 Å². The second-order valence-electron chi connectivity index (χ2n) is 6.65. The molecule has 0 radical (unpaired) electrons. The van der Waals surface area contributed by atoms with Gasteiger partial charge in [0.05, 0.1) is 25.9 Å². The molecule has 7 heteroatoms. The van der Waals surface area contributed by atoms with Crippen LogP contribution in [-0.4, -0.2) is 44.3 Å². The Kier molecular flexibility index (Phi) is 6.22. The highest BCUT2D eigenvalue weighted by atomic mass is 16.5. The number of nitrogens with one attached hydrogen (secondary N) is 2. The van der Waals surface area contributed by atoms with Gasteiger partial charge in [-0.05, 0) is 31.0 Å². The first-order valence-electron chi connectivity index (χ1n) is 9.17. The van der Waals surface area contributed by atoms with Gasteiger partial charge in [-0.1, -0.05) is 6.07 Å². The average molecular weight is 380 g/mol. The summed E-state index contributed by atoms with van der Waals surface area (Å²) >= 11 is 0. The summed E-state index contributed by atoms with van der Waals surface area (Å²) in [6.07, 6.45) is 1.87. The molecule has 2 amide bonds. The number of methoxy groups -OCH3 is 2. The lowest BCUT2D eigenvalue weighted by atomic mass is 10.1. The molecule has 1 aliphatic heterocycles. The summed E-state index contributed by atoms with van der Waals surface area (Å²) in [6.45, 7) is 1.28. The lowest BCUT2D eigenvalue weighted by Crippen LogP contribution is -2.46. The molecule has 0 spiro atoms. The van der Waals surface area contributed by atoms with E-state index in [-0.39, 0.29) is 12.1 Å². The van der Waals surface area contributed by atoms with Gasteiger partial charge in [-0.2, -0.15) is 5.26 Å². The highest BCUT2D eigenvalue weighted by Gasteiger charge is 2.24. The second kappa shape index (κ2) is 9.00. The van der Waals surface area contributed by atoms with Crippen LogP contribution in [0.15, 0.2) is 42.5 Å². The van der Waals surface area contributed by atoms with E-state index in [1.165, 1.54) is 0 Å². The van der Waals surface area contributed by atoms with Crippen molar-refractivity contribution in [1.82, 2.24) is 4.90 Å². The fraction of sp³-hybridized carbons (Fsp3) is 0.333. The van der Waals surface area contributed by atoms with Gasteiger partial charge in [-0.25, -0.2) is 4.79 Å². The number of benzene rings is 2. The molecule has 28 heavy (non-hydrogen) atoms. The maximum absolute atomic E-state index is 12.6. The van der Waals surface area contributed by atoms with Gasteiger partial charge in [0.1, 0.15) is 11.5 Å². The predicted molar refractivity (Wildman–Crippen MR) is 108 cm³/mol. The zero-order valence-electron chi connectivity index (χ0n) is 16.1. The Hall–Kier alpha value is -3.40. The van der Waals surface area contributed by atoms with Crippen molar-refractivity contribution < 1.29 is 14.3 Å². The lowest BCUT2D eigenvalue weighted by molar-refractivity contribution is 0.196. The summed E-state index contributed by atoms with van der Waals surface area (Å²) in [6, 6.07) is 14.6. The van der Waals surface area contributed by atoms with Crippen LogP contribution in [0.4, 0.5) is 16.2 Å². The third-order valence-corrected chi connectivity index (χ3v) is 4.67. The van der Waals surface area contributed by atoms with Gasteiger partial charge in [-0.3, -0.25) is 0 Å². The van der Waals surface area contributed by atoms with E-state index in [0.717, 1.165) is 18.5 Å². The van der Waals surface area contributed by atoms with E-state index >= 15 is 0 Å². The van der Waals surface area contributed by atoms with E-state index in [4.69, 9.17) is 14.7 Å². The lowest BCUT2D eigenvalue weighted by Gasteiger charge is -2.33. The van der Waals surface area contributed by atoms with E-state index in [1.807, 2.05) is 18.2 Å². The summed E-state index contributed by atoms with van der Waals surface area (Å²) in [7, 11) is 3.24. The standard InChI is InChI=1S/C21H24N4O3/c1-27-19-10-18(11-20(12-19)28-2)23-17-7-4-8-25(14-17)21(26)24-16-6-3-5-15(9-16)13-22/h3,5-6,9-12,17,23H,4,7-8,14H2,1-2H3,(H,24,26)/t17-/m0/s1. The largest absolute Gasteiger partial charge is 0.497 e. The van der Waals surface area contributed by atoms with Crippen LogP contribution in [0.25, 0.3) is 0 Å². The molecule has 0 unspecified atom stereocenters. The van der Waals surface area contributed by atoms with Crippen LogP contribution in [0.1, 0.15) is 18.4 Å². The quantitative estimate of drug-likeness (QED) is 0.826. The van der Waals surface area contributed by atoms with Gasteiger partial charge in [0, 0.05) is 48.7 Å². The number of piperidine rings is 1. The number of anilines is 2. The van der Waals surface area contributed by atoms with Crippen molar-refractivity contribution >= 4 is 17.4 Å². The molecule has 0 aromatic heterocycles. The van der Waals surface area contributed by atoms with Gasteiger partial charge in [-0.15, -0.1) is 0 Å². The van der Waals surface area contributed by atoms with Gasteiger partial charge < -0.3 is 25.0 Å². The smallest absolute Gasteiger partial charge is 0.321 e. The second-order valence-corrected chi connectivity index (χ2v) is 6.65. The number of nitriles is 1. The van der Waals surface area contributed by atoms with Gasteiger partial charge >= 0.3 is 6.03 Å². The van der Waals surface area contributed by atoms with Crippen LogP contribution in [0.3, 0.4) is 0 Å². The molecule has 2 aromatic carbocycles. The summed E-state index contributed by atoms with van der Waals surface area (Å²) in [5, 5.41) is 15.3. The monoisotopic (exact) mass is 380 g/mol. The summed E-state index contributed by atoms with van der Waals surface area (Å²) in [4.78, 5) is 14.4. The number of likely N-dealkylation sites (tertiary alicyclic amines) is 1. The molecular weight excluding hydrogens is 356 g/mol. The zero-order chi connectivity index (χ0) is 19.9.